The molecule has 0 atom stereocenters. The number of hydrogen-bond donors (Lipinski definition) is 3. The molecule has 1 fully saturated rings. The minimum Gasteiger partial charge on any atom is -0.477 e. The van der Waals surface area contributed by atoms with E-state index in [2.05, 4.69) is 15.6 Å². The number of aromatic nitrogens is 1. The van der Waals surface area contributed by atoms with E-state index in [4.69, 9.17) is 5.11 Å². The average Bonchev–Trinajstić information content (AvgIpc) is 2.55. The number of aromatic carboxylic acids is 1. The lowest BCUT2D eigenvalue weighted by molar-refractivity contribution is 0.0688. The third-order valence-corrected chi connectivity index (χ3v) is 4.02. The zero-order valence-electron chi connectivity index (χ0n) is 12.6. The molecule has 23 heavy (non-hydrogen) atoms. The average molecular weight is 320 g/mol. The Morgan fingerprint density at radius 1 is 1.35 bits per heavy atom. The van der Waals surface area contributed by atoms with Gasteiger partial charge in [0.05, 0.1) is 5.52 Å². The summed E-state index contributed by atoms with van der Waals surface area (Å²) in [4.78, 5) is 25.6. The summed E-state index contributed by atoms with van der Waals surface area (Å²) in [5, 5.41) is 12.5. The predicted octanol–water partition coefficient (Wildman–Crippen LogP) is 0.422. The van der Waals surface area contributed by atoms with Crippen LogP contribution in [0.5, 0.6) is 0 Å². The lowest BCUT2D eigenvalue weighted by atomic mass is 10.1. The highest BCUT2D eigenvalue weighted by Gasteiger charge is 2.23. The van der Waals surface area contributed by atoms with Crippen LogP contribution >= 0.6 is 0 Å². The summed E-state index contributed by atoms with van der Waals surface area (Å²) in [6.07, 6.45) is 0. The number of carbonyl (C=O) groups is 1. The number of nitrogens with one attached hydrogen (secondary N) is 2. The minimum absolute atomic E-state index is 0.164. The molecule has 0 radical (unpaired) electrons. The van der Waals surface area contributed by atoms with Crippen molar-refractivity contribution in [2.75, 3.05) is 43.6 Å². The number of fused-ring (bicyclic) bond motifs is 1. The molecule has 1 aromatic heterocycles. The highest BCUT2D eigenvalue weighted by atomic mass is 19.1. The quantitative estimate of drug-likeness (QED) is 0.711. The highest BCUT2D eigenvalue weighted by molar-refractivity contribution is 5.93. The molecule has 3 rings (SSSR count). The fraction of sp³-hybridized carbons (Fsp3) is 0.333. The number of halogens is 1. The Morgan fingerprint density at radius 2 is 2.04 bits per heavy atom. The van der Waals surface area contributed by atoms with Crippen molar-refractivity contribution in [2.45, 2.75) is 0 Å². The van der Waals surface area contributed by atoms with Crippen LogP contribution in [0, 0.1) is 5.95 Å². The van der Waals surface area contributed by atoms with E-state index in [0.717, 1.165) is 36.5 Å². The van der Waals surface area contributed by atoms with Gasteiger partial charge in [-0.3, -0.25) is 4.79 Å². The van der Waals surface area contributed by atoms with Crippen LogP contribution in [0.25, 0.3) is 10.9 Å². The van der Waals surface area contributed by atoms with E-state index in [9.17, 15) is 14.0 Å². The standard InChI is InChI=1S/C15H17FN4O3/c1-17-20-11-8-9(19-6-4-18-5-7-19)2-3-10(11)13(21)12(14(20)16)15(22)23/h2-3,8,17-18H,4-7H2,1H3,(H,22,23). The number of anilines is 1. The molecule has 1 aliphatic rings. The Balaban J connectivity index is 2.24. The second-order valence-electron chi connectivity index (χ2n) is 5.30. The molecule has 0 saturated carbocycles. The van der Waals surface area contributed by atoms with Gasteiger partial charge < -0.3 is 20.7 Å². The van der Waals surface area contributed by atoms with Crippen molar-refractivity contribution in [3.8, 4) is 0 Å². The first-order valence-electron chi connectivity index (χ1n) is 7.29. The smallest absolute Gasteiger partial charge is 0.344 e. The Morgan fingerprint density at radius 3 is 2.65 bits per heavy atom. The topological polar surface area (TPSA) is 86.6 Å². The van der Waals surface area contributed by atoms with Gasteiger partial charge in [0.2, 0.25) is 11.4 Å². The summed E-state index contributed by atoms with van der Waals surface area (Å²) in [5.41, 5.74) is 2.11. The first-order valence-corrected chi connectivity index (χ1v) is 7.29. The van der Waals surface area contributed by atoms with Crippen LogP contribution in [-0.2, 0) is 0 Å². The fourth-order valence-electron chi connectivity index (χ4n) is 2.87. The van der Waals surface area contributed by atoms with Crippen LogP contribution in [0.3, 0.4) is 0 Å². The van der Waals surface area contributed by atoms with E-state index in [1.54, 1.807) is 18.2 Å². The van der Waals surface area contributed by atoms with Gasteiger partial charge in [0.1, 0.15) is 0 Å². The molecule has 122 valence electrons. The third kappa shape index (κ3) is 2.50. The van der Waals surface area contributed by atoms with E-state index >= 15 is 0 Å². The number of rotatable bonds is 3. The zero-order valence-corrected chi connectivity index (χ0v) is 12.6. The molecule has 2 heterocycles. The van der Waals surface area contributed by atoms with Gasteiger partial charge in [0.15, 0.2) is 5.56 Å². The molecule has 0 spiro atoms. The number of hydrogen-bond acceptors (Lipinski definition) is 5. The van der Waals surface area contributed by atoms with Crippen LogP contribution in [0.15, 0.2) is 23.0 Å². The lowest BCUT2D eigenvalue weighted by Gasteiger charge is -2.29. The lowest BCUT2D eigenvalue weighted by Crippen LogP contribution is -2.43. The molecular formula is C15H17FN4O3. The maximum atomic E-state index is 14.4. The molecule has 1 saturated heterocycles. The molecule has 0 amide bonds. The third-order valence-electron chi connectivity index (χ3n) is 4.02. The Bertz CT molecular complexity index is 828. The van der Waals surface area contributed by atoms with Crippen molar-refractivity contribution in [1.29, 1.82) is 0 Å². The predicted molar refractivity (Wildman–Crippen MR) is 85.5 cm³/mol. The molecule has 3 N–H and O–H groups in total. The van der Waals surface area contributed by atoms with E-state index < -0.39 is 22.9 Å². The number of benzene rings is 1. The molecule has 1 aromatic carbocycles. The summed E-state index contributed by atoms with van der Waals surface area (Å²) in [7, 11) is 1.47. The fourth-order valence-corrected chi connectivity index (χ4v) is 2.87. The van der Waals surface area contributed by atoms with E-state index in [1.807, 2.05) is 0 Å². The molecule has 7 nitrogen and oxygen atoms in total. The first-order chi connectivity index (χ1) is 11.0. The zero-order chi connectivity index (χ0) is 16.6. The van der Waals surface area contributed by atoms with E-state index in [1.165, 1.54) is 7.05 Å². The second kappa shape index (κ2) is 5.88. The SMILES string of the molecule is CNn1c(F)c(C(=O)O)c(=O)c2ccc(N3CCNCC3)cc21. The van der Waals surface area contributed by atoms with Crippen molar-refractivity contribution in [1.82, 2.24) is 9.99 Å². The summed E-state index contributed by atoms with van der Waals surface area (Å²) in [6, 6.07) is 5.01. The second-order valence-corrected chi connectivity index (χ2v) is 5.30. The summed E-state index contributed by atoms with van der Waals surface area (Å²) in [5.74, 6) is -2.68. The maximum absolute atomic E-state index is 14.4. The van der Waals surface area contributed by atoms with Crippen molar-refractivity contribution in [2.24, 2.45) is 0 Å². The van der Waals surface area contributed by atoms with Crippen molar-refractivity contribution >= 4 is 22.6 Å². The molecule has 0 unspecified atom stereocenters. The number of carboxylic acids is 1. The Kier molecular flexibility index (Phi) is 3.91. The van der Waals surface area contributed by atoms with Crippen molar-refractivity contribution in [3.05, 3.63) is 39.9 Å². The summed E-state index contributed by atoms with van der Waals surface area (Å²) < 4.78 is 15.4. The van der Waals surface area contributed by atoms with Crippen LogP contribution in [0.2, 0.25) is 0 Å². The first kappa shape index (κ1) is 15.3. The van der Waals surface area contributed by atoms with E-state index in [-0.39, 0.29) is 5.39 Å². The highest BCUT2D eigenvalue weighted by Crippen LogP contribution is 2.22. The number of carboxylic acid groups (broad SMARTS) is 1. The normalized spacial score (nSPS) is 15.0. The van der Waals surface area contributed by atoms with Crippen molar-refractivity contribution in [3.63, 3.8) is 0 Å². The van der Waals surface area contributed by atoms with Gasteiger partial charge in [-0.05, 0) is 18.2 Å². The molecule has 0 bridgehead atoms. The van der Waals surface area contributed by atoms with E-state index in [0.29, 0.717) is 5.52 Å². The van der Waals surface area contributed by atoms with Crippen LogP contribution in [-0.4, -0.2) is 49.0 Å². The number of nitrogens with zero attached hydrogens (tertiary/aromatic N) is 2. The molecule has 8 heteroatoms. The number of pyridine rings is 1. The van der Waals surface area contributed by atoms with Crippen LogP contribution in [0.4, 0.5) is 10.1 Å². The largest absolute Gasteiger partial charge is 0.477 e. The molecule has 2 aromatic rings. The summed E-state index contributed by atoms with van der Waals surface area (Å²) >= 11 is 0. The van der Waals surface area contributed by atoms with Gasteiger partial charge in [0, 0.05) is 44.3 Å². The number of piperazine rings is 1. The molecule has 0 aliphatic carbocycles. The Hall–Kier alpha value is -2.61. The summed E-state index contributed by atoms with van der Waals surface area (Å²) in [6.45, 7) is 3.32. The molecule has 1 aliphatic heterocycles. The van der Waals surface area contributed by atoms with Crippen molar-refractivity contribution < 1.29 is 14.3 Å². The molecular weight excluding hydrogens is 303 g/mol. The Labute approximate surface area is 131 Å². The van der Waals surface area contributed by atoms with Gasteiger partial charge in [-0.2, -0.15) is 4.39 Å². The monoisotopic (exact) mass is 320 g/mol. The minimum atomic E-state index is -1.58. The van der Waals surface area contributed by atoms with Crippen LogP contribution < -0.4 is 21.1 Å². The van der Waals surface area contributed by atoms with Gasteiger partial charge in [0.25, 0.3) is 0 Å². The van der Waals surface area contributed by atoms with Gasteiger partial charge in [-0.15, -0.1) is 0 Å². The van der Waals surface area contributed by atoms with Gasteiger partial charge in [-0.1, -0.05) is 0 Å². The van der Waals surface area contributed by atoms with Gasteiger partial charge in [-0.25, -0.2) is 9.47 Å². The van der Waals surface area contributed by atoms with Gasteiger partial charge >= 0.3 is 5.97 Å². The van der Waals surface area contributed by atoms with Crippen LogP contribution in [0.1, 0.15) is 10.4 Å². The maximum Gasteiger partial charge on any atom is 0.344 e.